The standard InChI is InChI=1S/C30H48O4/c1-19-29-9-7-20-26(4,21(29)8-10-30(19,33)34-18-29)14-16-28(6)22-17-25(3,23(31)32)12-11-24(22,2)13-15-27(20,28)5/h19-22,33H,7-18H2,1-6H3,(H,31,32)/t19-,20?,21+,22?,24-,25-,26-,27-,28+,29+,30+/m1/s1. The molecule has 34 heavy (non-hydrogen) atoms. The van der Waals surface area contributed by atoms with Crippen LogP contribution in [0.3, 0.4) is 0 Å². The molecule has 2 N–H and O–H groups in total. The minimum Gasteiger partial charge on any atom is -0.481 e. The highest BCUT2D eigenvalue weighted by atomic mass is 16.6. The lowest BCUT2D eigenvalue weighted by Gasteiger charge is -2.74. The van der Waals surface area contributed by atoms with Gasteiger partial charge in [0, 0.05) is 17.8 Å². The lowest BCUT2D eigenvalue weighted by atomic mass is 9.30. The number of carboxylic acid groups (broad SMARTS) is 1. The summed E-state index contributed by atoms with van der Waals surface area (Å²) in [6, 6.07) is 0. The monoisotopic (exact) mass is 472 g/mol. The maximum Gasteiger partial charge on any atom is 0.309 e. The van der Waals surface area contributed by atoms with Crippen molar-refractivity contribution in [1.82, 2.24) is 0 Å². The van der Waals surface area contributed by atoms with Crippen LogP contribution in [-0.4, -0.2) is 28.6 Å². The van der Waals surface area contributed by atoms with Crippen LogP contribution in [0, 0.1) is 56.2 Å². The minimum absolute atomic E-state index is 0.137. The van der Waals surface area contributed by atoms with Gasteiger partial charge in [0.1, 0.15) is 0 Å². The van der Waals surface area contributed by atoms with Crippen LogP contribution in [0.5, 0.6) is 0 Å². The lowest BCUT2D eigenvalue weighted by molar-refractivity contribution is -0.267. The Morgan fingerprint density at radius 3 is 2.12 bits per heavy atom. The maximum atomic E-state index is 12.3. The summed E-state index contributed by atoms with van der Waals surface area (Å²) in [5, 5.41) is 21.3. The summed E-state index contributed by atoms with van der Waals surface area (Å²) >= 11 is 0. The summed E-state index contributed by atoms with van der Waals surface area (Å²) in [7, 11) is 0. The molecule has 0 aromatic rings. The fourth-order valence-corrected chi connectivity index (χ4v) is 11.9. The van der Waals surface area contributed by atoms with E-state index in [4.69, 9.17) is 4.74 Å². The van der Waals surface area contributed by atoms with Crippen molar-refractivity contribution in [3.8, 4) is 0 Å². The molecule has 0 amide bonds. The summed E-state index contributed by atoms with van der Waals surface area (Å²) in [5.41, 5.74) is 0.569. The molecule has 6 rings (SSSR count). The molecule has 1 heterocycles. The van der Waals surface area contributed by atoms with Crippen LogP contribution in [0.4, 0.5) is 0 Å². The highest BCUT2D eigenvalue weighted by Crippen LogP contribution is 2.79. The van der Waals surface area contributed by atoms with E-state index in [1.165, 1.54) is 38.5 Å². The first-order valence-corrected chi connectivity index (χ1v) is 14.3. The van der Waals surface area contributed by atoms with Crippen molar-refractivity contribution in [3.05, 3.63) is 0 Å². The number of aliphatic carboxylic acids is 1. The Bertz CT molecular complexity index is 917. The smallest absolute Gasteiger partial charge is 0.309 e. The Balaban J connectivity index is 1.39. The van der Waals surface area contributed by atoms with Crippen LogP contribution >= 0.6 is 0 Å². The van der Waals surface area contributed by atoms with E-state index in [0.29, 0.717) is 17.8 Å². The molecule has 4 nitrogen and oxygen atoms in total. The van der Waals surface area contributed by atoms with Crippen LogP contribution < -0.4 is 0 Å². The Kier molecular flexibility index (Phi) is 4.63. The van der Waals surface area contributed by atoms with Gasteiger partial charge in [-0.25, -0.2) is 0 Å². The van der Waals surface area contributed by atoms with Crippen molar-refractivity contribution in [2.75, 3.05) is 6.61 Å². The quantitative estimate of drug-likeness (QED) is 0.448. The van der Waals surface area contributed by atoms with Gasteiger partial charge in [-0.1, -0.05) is 34.6 Å². The van der Waals surface area contributed by atoms with Crippen molar-refractivity contribution >= 4 is 5.97 Å². The van der Waals surface area contributed by atoms with Gasteiger partial charge in [-0.05, 0) is 111 Å². The van der Waals surface area contributed by atoms with Gasteiger partial charge in [0.15, 0.2) is 5.79 Å². The molecule has 0 aromatic carbocycles. The molecule has 2 bridgehead atoms. The minimum atomic E-state index is -0.900. The number of carboxylic acids is 1. The average molecular weight is 473 g/mol. The van der Waals surface area contributed by atoms with E-state index >= 15 is 0 Å². The highest BCUT2D eigenvalue weighted by Gasteiger charge is 2.74. The van der Waals surface area contributed by atoms with E-state index in [1.807, 2.05) is 6.92 Å². The van der Waals surface area contributed by atoms with E-state index in [9.17, 15) is 15.0 Å². The third-order valence-electron chi connectivity index (χ3n) is 14.6. The van der Waals surface area contributed by atoms with Gasteiger partial charge in [-0.15, -0.1) is 0 Å². The molecule has 5 aliphatic carbocycles. The van der Waals surface area contributed by atoms with E-state index in [1.54, 1.807) is 0 Å². The highest BCUT2D eigenvalue weighted by molar-refractivity contribution is 5.74. The molecule has 0 radical (unpaired) electrons. The second kappa shape index (κ2) is 6.63. The first kappa shape index (κ1) is 23.8. The van der Waals surface area contributed by atoms with Crippen LogP contribution in [0.2, 0.25) is 0 Å². The molecule has 5 saturated carbocycles. The van der Waals surface area contributed by atoms with Gasteiger partial charge in [0.2, 0.25) is 0 Å². The number of carbonyl (C=O) groups is 1. The van der Waals surface area contributed by atoms with Crippen LogP contribution in [0.15, 0.2) is 0 Å². The first-order valence-electron chi connectivity index (χ1n) is 14.3. The molecular weight excluding hydrogens is 424 g/mol. The summed E-state index contributed by atoms with van der Waals surface area (Å²) in [5.74, 6) is 0.525. The first-order chi connectivity index (χ1) is 15.7. The number of fused-ring (bicyclic) bond motifs is 7. The Hall–Kier alpha value is -0.610. The van der Waals surface area contributed by atoms with Gasteiger partial charge in [-0.2, -0.15) is 0 Å². The zero-order chi connectivity index (χ0) is 24.6. The largest absolute Gasteiger partial charge is 0.481 e. The second-order valence-electron chi connectivity index (χ2n) is 15.4. The summed E-state index contributed by atoms with van der Waals surface area (Å²) in [4.78, 5) is 12.3. The predicted octanol–water partition coefficient (Wildman–Crippen LogP) is 6.65. The molecule has 192 valence electrons. The Labute approximate surface area is 206 Å². The van der Waals surface area contributed by atoms with E-state index in [-0.39, 0.29) is 33.0 Å². The summed E-state index contributed by atoms with van der Waals surface area (Å²) in [6.45, 7) is 15.3. The van der Waals surface area contributed by atoms with E-state index in [0.717, 1.165) is 38.7 Å². The molecule has 0 aromatic heterocycles. The van der Waals surface area contributed by atoms with Crippen molar-refractivity contribution in [2.24, 2.45) is 56.2 Å². The number of rotatable bonds is 1. The third kappa shape index (κ3) is 2.51. The number of ether oxygens (including phenoxy) is 1. The molecule has 1 saturated heterocycles. The van der Waals surface area contributed by atoms with Gasteiger partial charge < -0.3 is 14.9 Å². The predicted molar refractivity (Wildman–Crippen MR) is 132 cm³/mol. The molecule has 6 aliphatic rings. The molecule has 6 fully saturated rings. The second-order valence-corrected chi connectivity index (χ2v) is 15.4. The van der Waals surface area contributed by atoms with Crippen molar-refractivity contribution in [3.63, 3.8) is 0 Å². The molecule has 1 spiro atoms. The third-order valence-corrected chi connectivity index (χ3v) is 14.6. The van der Waals surface area contributed by atoms with Crippen molar-refractivity contribution < 1.29 is 19.7 Å². The molecule has 11 atom stereocenters. The topological polar surface area (TPSA) is 66.8 Å². The normalized spacial score (nSPS) is 62.7. The Morgan fingerprint density at radius 1 is 0.794 bits per heavy atom. The fourth-order valence-electron chi connectivity index (χ4n) is 11.9. The van der Waals surface area contributed by atoms with Gasteiger partial charge in [0.05, 0.1) is 12.0 Å². The van der Waals surface area contributed by atoms with Crippen LogP contribution in [-0.2, 0) is 9.53 Å². The van der Waals surface area contributed by atoms with Gasteiger partial charge in [0.25, 0.3) is 0 Å². The fraction of sp³-hybridized carbons (Fsp3) is 0.967. The number of hydrogen-bond donors (Lipinski definition) is 2. The van der Waals surface area contributed by atoms with Crippen molar-refractivity contribution in [1.29, 1.82) is 0 Å². The zero-order valence-electron chi connectivity index (χ0n) is 22.5. The SMILES string of the molecule is C[C@@H]1[C@@]23CCC4[C@@](C)(CC[C@@]5(C)C6C[C@](C)(C(=O)O)CC[C@]6(C)CC[C@]45C)[C@@H]2CC[C@]1(O)OC3. The van der Waals surface area contributed by atoms with Gasteiger partial charge >= 0.3 is 5.97 Å². The molecule has 4 heteroatoms. The molecule has 2 unspecified atom stereocenters. The van der Waals surface area contributed by atoms with Crippen molar-refractivity contribution in [2.45, 2.75) is 118 Å². The number of aliphatic hydroxyl groups is 1. The molecular formula is C30H48O4. The van der Waals surface area contributed by atoms with E-state index in [2.05, 4.69) is 34.6 Å². The van der Waals surface area contributed by atoms with Crippen LogP contribution in [0.1, 0.15) is 112 Å². The number of hydrogen-bond acceptors (Lipinski definition) is 3. The maximum absolute atomic E-state index is 12.3. The summed E-state index contributed by atoms with van der Waals surface area (Å²) in [6.07, 6.45) is 12.0. The average Bonchev–Trinajstić information content (AvgIpc) is 2.92. The molecule has 1 aliphatic heterocycles. The van der Waals surface area contributed by atoms with E-state index < -0.39 is 17.2 Å². The van der Waals surface area contributed by atoms with Gasteiger partial charge in [-0.3, -0.25) is 4.79 Å². The zero-order valence-corrected chi connectivity index (χ0v) is 22.5. The summed E-state index contributed by atoms with van der Waals surface area (Å²) < 4.78 is 6.14. The Morgan fingerprint density at radius 2 is 1.41 bits per heavy atom. The lowest BCUT2D eigenvalue weighted by Crippen LogP contribution is -2.68. The van der Waals surface area contributed by atoms with Crippen LogP contribution in [0.25, 0.3) is 0 Å².